The molecule has 2 heterocycles. The average Bonchev–Trinajstić information content (AvgIpc) is 2.90. The summed E-state index contributed by atoms with van der Waals surface area (Å²) in [7, 11) is 0. The highest BCUT2D eigenvalue weighted by Crippen LogP contribution is 2.18. The van der Waals surface area contributed by atoms with Crippen molar-refractivity contribution in [1.82, 2.24) is 10.3 Å². The number of halogens is 2. The van der Waals surface area contributed by atoms with E-state index < -0.39 is 6.04 Å². The summed E-state index contributed by atoms with van der Waals surface area (Å²) < 4.78 is 0. The van der Waals surface area contributed by atoms with E-state index >= 15 is 0 Å². The standard InChI is InChI=1S/C13H20N4O.2ClH/c1-10(14)13(18)16-9-11-4-5-15-12(8-11)17-6-2-3-7-17;;/h4-5,8,10H,2-3,6-7,9,14H2,1H3,(H,16,18);2*1H/t10-;;/m1../s1. The van der Waals surface area contributed by atoms with Gasteiger partial charge < -0.3 is 16.0 Å². The molecule has 0 aromatic carbocycles. The fourth-order valence-electron chi connectivity index (χ4n) is 2.04. The predicted octanol–water partition coefficient (Wildman–Crippen LogP) is 1.49. The van der Waals surface area contributed by atoms with Gasteiger partial charge in [-0.25, -0.2) is 4.98 Å². The average molecular weight is 321 g/mol. The lowest BCUT2D eigenvalue weighted by atomic mass is 10.2. The third-order valence-electron chi connectivity index (χ3n) is 3.12. The Kier molecular flexibility index (Phi) is 8.53. The minimum atomic E-state index is -0.468. The van der Waals surface area contributed by atoms with Crippen LogP contribution in [-0.4, -0.2) is 30.0 Å². The Balaban J connectivity index is 0.00000180. The molecular weight excluding hydrogens is 299 g/mol. The van der Waals surface area contributed by atoms with Crippen molar-refractivity contribution in [2.75, 3.05) is 18.0 Å². The summed E-state index contributed by atoms with van der Waals surface area (Å²) in [6.45, 7) is 4.33. The molecular formula is C13H22Cl2N4O. The van der Waals surface area contributed by atoms with Gasteiger partial charge in [0.1, 0.15) is 5.82 Å². The SMILES string of the molecule is C[C@@H](N)C(=O)NCc1ccnc(N2CCCC2)c1.Cl.Cl. The molecule has 114 valence electrons. The Labute approximate surface area is 132 Å². The molecule has 0 unspecified atom stereocenters. The molecule has 0 aliphatic carbocycles. The monoisotopic (exact) mass is 320 g/mol. The highest BCUT2D eigenvalue weighted by atomic mass is 35.5. The topological polar surface area (TPSA) is 71.2 Å². The summed E-state index contributed by atoms with van der Waals surface area (Å²) in [5, 5.41) is 2.81. The maximum Gasteiger partial charge on any atom is 0.236 e. The van der Waals surface area contributed by atoms with E-state index in [1.165, 1.54) is 12.8 Å². The van der Waals surface area contributed by atoms with Crippen LogP contribution in [0.15, 0.2) is 18.3 Å². The van der Waals surface area contributed by atoms with E-state index in [0.29, 0.717) is 6.54 Å². The number of carbonyl (C=O) groups excluding carboxylic acids is 1. The number of hydrogen-bond donors (Lipinski definition) is 2. The number of carbonyl (C=O) groups is 1. The van der Waals surface area contributed by atoms with Crippen molar-refractivity contribution in [3.8, 4) is 0 Å². The minimum Gasteiger partial charge on any atom is -0.357 e. The van der Waals surface area contributed by atoms with Gasteiger partial charge in [-0.1, -0.05) is 0 Å². The molecule has 0 bridgehead atoms. The maximum atomic E-state index is 11.4. The van der Waals surface area contributed by atoms with Gasteiger partial charge in [0.25, 0.3) is 0 Å². The highest BCUT2D eigenvalue weighted by Gasteiger charge is 2.13. The molecule has 0 saturated carbocycles. The number of pyridine rings is 1. The van der Waals surface area contributed by atoms with E-state index in [1.807, 2.05) is 12.1 Å². The van der Waals surface area contributed by atoms with Crippen molar-refractivity contribution >= 4 is 36.5 Å². The lowest BCUT2D eigenvalue weighted by molar-refractivity contribution is -0.122. The zero-order valence-electron chi connectivity index (χ0n) is 11.5. The van der Waals surface area contributed by atoms with Crippen LogP contribution in [0, 0.1) is 0 Å². The fraction of sp³-hybridized carbons (Fsp3) is 0.538. The van der Waals surface area contributed by atoms with Crippen LogP contribution < -0.4 is 16.0 Å². The Hall–Kier alpha value is -1.04. The Morgan fingerprint density at radius 3 is 2.70 bits per heavy atom. The van der Waals surface area contributed by atoms with Gasteiger partial charge >= 0.3 is 0 Å². The quantitative estimate of drug-likeness (QED) is 0.881. The van der Waals surface area contributed by atoms with Crippen molar-refractivity contribution in [3.63, 3.8) is 0 Å². The molecule has 0 radical (unpaired) electrons. The van der Waals surface area contributed by atoms with Crippen molar-refractivity contribution in [2.24, 2.45) is 5.73 Å². The Morgan fingerprint density at radius 2 is 2.10 bits per heavy atom. The molecule has 0 spiro atoms. The van der Waals surface area contributed by atoms with Crippen LogP contribution in [0.2, 0.25) is 0 Å². The van der Waals surface area contributed by atoms with Crippen LogP contribution in [0.4, 0.5) is 5.82 Å². The first-order valence-electron chi connectivity index (χ1n) is 6.40. The highest BCUT2D eigenvalue weighted by molar-refractivity contribution is 5.85. The molecule has 1 amide bonds. The van der Waals surface area contributed by atoms with E-state index in [2.05, 4.69) is 15.2 Å². The summed E-state index contributed by atoms with van der Waals surface area (Å²) in [6.07, 6.45) is 4.25. The van der Waals surface area contributed by atoms with Crippen LogP contribution in [-0.2, 0) is 11.3 Å². The van der Waals surface area contributed by atoms with Gasteiger partial charge in [-0.15, -0.1) is 24.8 Å². The zero-order valence-corrected chi connectivity index (χ0v) is 13.2. The number of nitrogens with two attached hydrogens (primary N) is 1. The molecule has 1 saturated heterocycles. The first-order valence-corrected chi connectivity index (χ1v) is 6.40. The second-order valence-electron chi connectivity index (χ2n) is 4.72. The second kappa shape index (κ2) is 9.00. The number of anilines is 1. The first-order chi connectivity index (χ1) is 8.66. The minimum absolute atomic E-state index is 0. The van der Waals surface area contributed by atoms with E-state index in [-0.39, 0.29) is 30.7 Å². The zero-order chi connectivity index (χ0) is 13.0. The van der Waals surface area contributed by atoms with E-state index in [9.17, 15) is 4.79 Å². The van der Waals surface area contributed by atoms with Crippen LogP contribution in [0.3, 0.4) is 0 Å². The predicted molar refractivity (Wildman–Crippen MR) is 85.7 cm³/mol. The smallest absolute Gasteiger partial charge is 0.236 e. The molecule has 7 heteroatoms. The molecule has 2 rings (SSSR count). The number of rotatable bonds is 4. The number of nitrogens with one attached hydrogen (secondary N) is 1. The van der Waals surface area contributed by atoms with Gasteiger partial charge in [-0.3, -0.25) is 4.79 Å². The number of nitrogens with zero attached hydrogens (tertiary/aromatic N) is 2. The Bertz CT molecular complexity index is 423. The van der Waals surface area contributed by atoms with Crippen LogP contribution in [0.1, 0.15) is 25.3 Å². The third-order valence-corrected chi connectivity index (χ3v) is 3.12. The molecule has 1 fully saturated rings. The van der Waals surface area contributed by atoms with Gasteiger partial charge in [0.15, 0.2) is 0 Å². The molecule has 5 nitrogen and oxygen atoms in total. The van der Waals surface area contributed by atoms with Crippen LogP contribution in [0.5, 0.6) is 0 Å². The molecule has 1 aliphatic rings. The number of hydrogen-bond acceptors (Lipinski definition) is 4. The summed E-state index contributed by atoms with van der Waals surface area (Å²) in [5.41, 5.74) is 6.55. The van der Waals surface area contributed by atoms with Crippen LogP contribution >= 0.6 is 24.8 Å². The molecule has 1 aromatic rings. The largest absolute Gasteiger partial charge is 0.357 e. The summed E-state index contributed by atoms with van der Waals surface area (Å²) in [5.74, 6) is 0.870. The van der Waals surface area contributed by atoms with E-state index in [4.69, 9.17) is 5.73 Å². The second-order valence-corrected chi connectivity index (χ2v) is 4.72. The summed E-state index contributed by atoms with van der Waals surface area (Å²) >= 11 is 0. The molecule has 1 aromatic heterocycles. The van der Waals surface area contributed by atoms with E-state index in [1.54, 1.807) is 13.1 Å². The summed E-state index contributed by atoms with van der Waals surface area (Å²) in [6, 6.07) is 3.48. The van der Waals surface area contributed by atoms with Gasteiger partial charge in [0.05, 0.1) is 6.04 Å². The molecule has 1 aliphatic heterocycles. The fourth-order valence-corrected chi connectivity index (χ4v) is 2.04. The number of aromatic nitrogens is 1. The van der Waals surface area contributed by atoms with Crippen LogP contribution in [0.25, 0.3) is 0 Å². The lowest BCUT2D eigenvalue weighted by Gasteiger charge is -2.17. The third kappa shape index (κ3) is 5.15. The maximum absolute atomic E-state index is 11.4. The number of amides is 1. The van der Waals surface area contributed by atoms with Gasteiger partial charge in [0, 0.05) is 25.8 Å². The van der Waals surface area contributed by atoms with E-state index in [0.717, 1.165) is 24.5 Å². The van der Waals surface area contributed by atoms with Crippen molar-refractivity contribution in [3.05, 3.63) is 23.9 Å². The van der Waals surface area contributed by atoms with Gasteiger partial charge in [-0.05, 0) is 37.5 Å². The van der Waals surface area contributed by atoms with Crippen molar-refractivity contribution in [1.29, 1.82) is 0 Å². The molecule has 3 N–H and O–H groups in total. The normalized spacial score (nSPS) is 15.0. The van der Waals surface area contributed by atoms with Crippen molar-refractivity contribution < 1.29 is 4.79 Å². The first kappa shape index (κ1) is 19.0. The summed E-state index contributed by atoms with van der Waals surface area (Å²) in [4.78, 5) is 18.0. The van der Waals surface area contributed by atoms with Gasteiger partial charge in [-0.2, -0.15) is 0 Å². The lowest BCUT2D eigenvalue weighted by Crippen LogP contribution is -2.37. The molecule has 1 atom stereocenters. The van der Waals surface area contributed by atoms with Gasteiger partial charge in [0.2, 0.25) is 5.91 Å². The molecule has 20 heavy (non-hydrogen) atoms. The van der Waals surface area contributed by atoms with Crippen molar-refractivity contribution in [2.45, 2.75) is 32.4 Å². The Morgan fingerprint density at radius 1 is 1.45 bits per heavy atom.